The molecule has 0 spiro atoms. The zero-order valence-corrected chi connectivity index (χ0v) is 12.5. The van der Waals surface area contributed by atoms with Gasteiger partial charge < -0.3 is 5.11 Å². The maximum Gasteiger partial charge on any atom is 0.0951 e. The Balaban J connectivity index is 1.91. The fraction of sp³-hybridized carbons (Fsp3) is 0.294. The molecule has 2 unspecified atom stereocenters. The Labute approximate surface area is 122 Å². The number of hydrogen-bond donors (Lipinski definition) is 1. The van der Waals surface area contributed by atoms with E-state index in [1.165, 1.54) is 5.56 Å². The lowest BCUT2D eigenvalue weighted by Crippen LogP contribution is -2.23. The molecule has 1 N–H and O–H groups in total. The quantitative estimate of drug-likeness (QED) is 0.841. The fourth-order valence-electron chi connectivity index (χ4n) is 2.92. The summed E-state index contributed by atoms with van der Waals surface area (Å²) in [6.07, 6.45) is 0.457. The molecule has 0 aliphatic heterocycles. The van der Waals surface area contributed by atoms with Gasteiger partial charge in [0.1, 0.15) is 0 Å². The first-order chi connectivity index (χ1) is 9.08. The van der Waals surface area contributed by atoms with Crippen molar-refractivity contribution in [3.05, 3.63) is 71.8 Å². The summed E-state index contributed by atoms with van der Waals surface area (Å²) >= 11 is 3.80. The van der Waals surface area contributed by atoms with Crippen molar-refractivity contribution in [1.29, 1.82) is 0 Å². The van der Waals surface area contributed by atoms with Gasteiger partial charge >= 0.3 is 0 Å². The number of alkyl halides is 1. The summed E-state index contributed by atoms with van der Waals surface area (Å²) < 4.78 is -0.261. The average Bonchev–Trinajstić information content (AvgIpc) is 3.05. The molecule has 0 radical (unpaired) electrons. The number of rotatable bonds is 3. The van der Waals surface area contributed by atoms with Crippen LogP contribution < -0.4 is 0 Å². The summed E-state index contributed by atoms with van der Waals surface area (Å²) in [4.78, 5) is 0. The van der Waals surface area contributed by atoms with Crippen LogP contribution >= 0.6 is 15.9 Å². The topological polar surface area (TPSA) is 20.2 Å². The second kappa shape index (κ2) is 4.46. The maximum absolute atomic E-state index is 10.7. The minimum absolute atomic E-state index is 0.0104. The first-order valence-corrected chi connectivity index (χ1v) is 7.35. The van der Waals surface area contributed by atoms with Gasteiger partial charge in [0, 0.05) is 5.41 Å². The van der Waals surface area contributed by atoms with Gasteiger partial charge in [-0.05, 0) is 17.5 Å². The minimum atomic E-state index is -0.487. The second-order valence-electron chi connectivity index (χ2n) is 5.55. The smallest absolute Gasteiger partial charge is 0.0951 e. The van der Waals surface area contributed by atoms with E-state index >= 15 is 0 Å². The standard InChI is InChI=1S/C17H17BrO/c1-16(14-10-6-3-7-11-14)12-17(16,18)15(19)13-8-4-2-5-9-13/h2-11,15,19H,12H2,1H3/t15-,16?,17?/m0/s1. The van der Waals surface area contributed by atoms with Crippen molar-refractivity contribution in [2.45, 2.75) is 29.2 Å². The molecule has 0 amide bonds. The summed E-state index contributed by atoms with van der Waals surface area (Å²) in [6.45, 7) is 2.21. The summed E-state index contributed by atoms with van der Waals surface area (Å²) in [7, 11) is 0. The lowest BCUT2D eigenvalue weighted by molar-refractivity contribution is 0.161. The van der Waals surface area contributed by atoms with Crippen LogP contribution in [0.2, 0.25) is 0 Å². The van der Waals surface area contributed by atoms with E-state index in [9.17, 15) is 5.11 Å². The fourth-order valence-corrected chi connectivity index (χ4v) is 3.97. The zero-order chi connectivity index (χ0) is 13.5. The van der Waals surface area contributed by atoms with E-state index < -0.39 is 6.10 Å². The Morgan fingerprint density at radius 3 is 2.11 bits per heavy atom. The van der Waals surface area contributed by atoms with Gasteiger partial charge in [0.2, 0.25) is 0 Å². The average molecular weight is 317 g/mol. The molecule has 1 aliphatic carbocycles. The Bertz CT molecular complexity index is 568. The van der Waals surface area contributed by atoms with Gasteiger partial charge in [-0.1, -0.05) is 83.5 Å². The van der Waals surface area contributed by atoms with E-state index in [1.54, 1.807) is 0 Å². The highest BCUT2D eigenvalue weighted by molar-refractivity contribution is 9.10. The lowest BCUT2D eigenvalue weighted by Gasteiger charge is -2.23. The molecule has 2 aromatic carbocycles. The van der Waals surface area contributed by atoms with Crippen LogP contribution in [0.15, 0.2) is 60.7 Å². The maximum atomic E-state index is 10.7. The summed E-state index contributed by atoms with van der Waals surface area (Å²) in [5.74, 6) is 0. The molecule has 2 heteroatoms. The Kier molecular flexibility index (Phi) is 3.03. The van der Waals surface area contributed by atoms with Crippen LogP contribution in [-0.4, -0.2) is 9.43 Å². The molecule has 98 valence electrons. The van der Waals surface area contributed by atoms with Crippen molar-refractivity contribution in [3.8, 4) is 0 Å². The van der Waals surface area contributed by atoms with Crippen LogP contribution in [0.5, 0.6) is 0 Å². The number of halogens is 1. The molecule has 0 bridgehead atoms. The third kappa shape index (κ3) is 1.94. The molecule has 3 rings (SSSR count). The predicted octanol–water partition coefficient (Wildman–Crippen LogP) is 4.22. The molecule has 1 fully saturated rings. The van der Waals surface area contributed by atoms with Crippen molar-refractivity contribution < 1.29 is 5.11 Å². The van der Waals surface area contributed by atoms with Crippen molar-refractivity contribution in [1.82, 2.24) is 0 Å². The molecule has 0 heterocycles. The van der Waals surface area contributed by atoms with Gasteiger partial charge in [-0.15, -0.1) is 0 Å². The molecule has 19 heavy (non-hydrogen) atoms. The number of aliphatic hydroxyl groups excluding tert-OH is 1. The highest BCUT2D eigenvalue weighted by Crippen LogP contribution is 2.68. The highest BCUT2D eigenvalue weighted by atomic mass is 79.9. The largest absolute Gasteiger partial charge is 0.387 e. The monoisotopic (exact) mass is 316 g/mol. The molecule has 1 saturated carbocycles. The van der Waals surface area contributed by atoms with E-state index in [2.05, 4.69) is 47.1 Å². The van der Waals surface area contributed by atoms with E-state index in [0.717, 1.165) is 12.0 Å². The predicted molar refractivity (Wildman–Crippen MR) is 81.5 cm³/mol. The third-order valence-corrected chi connectivity index (χ3v) is 5.95. The first kappa shape index (κ1) is 12.9. The highest BCUT2D eigenvalue weighted by Gasteiger charge is 2.67. The van der Waals surface area contributed by atoms with Crippen molar-refractivity contribution in [3.63, 3.8) is 0 Å². The van der Waals surface area contributed by atoms with E-state index in [1.807, 2.05) is 36.4 Å². The third-order valence-electron chi connectivity index (χ3n) is 4.36. The Hall–Kier alpha value is -1.12. The molecule has 1 aliphatic rings. The van der Waals surface area contributed by atoms with Gasteiger partial charge in [0.05, 0.1) is 10.4 Å². The van der Waals surface area contributed by atoms with Crippen LogP contribution in [0, 0.1) is 0 Å². The van der Waals surface area contributed by atoms with Crippen LogP contribution in [0.1, 0.15) is 30.6 Å². The molecule has 0 aromatic heterocycles. The normalized spacial score (nSPS) is 30.9. The Morgan fingerprint density at radius 2 is 1.53 bits per heavy atom. The molecule has 2 aromatic rings. The van der Waals surface area contributed by atoms with Crippen LogP contribution in [-0.2, 0) is 5.41 Å². The first-order valence-electron chi connectivity index (χ1n) is 6.55. The van der Waals surface area contributed by atoms with Crippen LogP contribution in [0.3, 0.4) is 0 Å². The molecule has 3 atom stereocenters. The summed E-state index contributed by atoms with van der Waals surface area (Å²) in [5.41, 5.74) is 2.24. The molecular weight excluding hydrogens is 300 g/mol. The molecule has 1 nitrogen and oxygen atoms in total. The van der Waals surface area contributed by atoms with Crippen molar-refractivity contribution >= 4 is 15.9 Å². The van der Waals surface area contributed by atoms with Crippen LogP contribution in [0.4, 0.5) is 0 Å². The van der Waals surface area contributed by atoms with E-state index in [0.29, 0.717) is 0 Å². The van der Waals surface area contributed by atoms with Crippen LogP contribution in [0.25, 0.3) is 0 Å². The van der Waals surface area contributed by atoms with Gasteiger partial charge in [0.15, 0.2) is 0 Å². The van der Waals surface area contributed by atoms with Gasteiger partial charge in [-0.25, -0.2) is 0 Å². The van der Waals surface area contributed by atoms with Gasteiger partial charge in [-0.2, -0.15) is 0 Å². The SMILES string of the molecule is CC1(c2ccccc2)CC1(Br)[C@@H](O)c1ccccc1. The molecule has 0 saturated heterocycles. The number of benzene rings is 2. The van der Waals surface area contributed by atoms with Crippen molar-refractivity contribution in [2.75, 3.05) is 0 Å². The van der Waals surface area contributed by atoms with E-state index in [-0.39, 0.29) is 9.74 Å². The van der Waals surface area contributed by atoms with E-state index in [4.69, 9.17) is 0 Å². The lowest BCUT2D eigenvalue weighted by atomic mass is 9.91. The summed E-state index contributed by atoms with van der Waals surface area (Å²) in [5, 5.41) is 10.7. The Morgan fingerprint density at radius 1 is 1.00 bits per heavy atom. The van der Waals surface area contributed by atoms with Crippen molar-refractivity contribution in [2.24, 2.45) is 0 Å². The number of aliphatic hydroxyl groups is 1. The summed E-state index contributed by atoms with van der Waals surface area (Å²) in [6, 6.07) is 20.3. The second-order valence-corrected chi connectivity index (χ2v) is 6.97. The minimum Gasteiger partial charge on any atom is -0.387 e. The van der Waals surface area contributed by atoms with Gasteiger partial charge in [0.25, 0.3) is 0 Å². The zero-order valence-electron chi connectivity index (χ0n) is 10.9. The molecular formula is C17H17BrO. The number of hydrogen-bond acceptors (Lipinski definition) is 1. The van der Waals surface area contributed by atoms with Gasteiger partial charge in [-0.3, -0.25) is 0 Å².